The molecule has 0 bridgehead atoms. The maximum absolute atomic E-state index is 13.1. The average Bonchev–Trinajstić information content (AvgIpc) is 2.80. The van der Waals surface area contributed by atoms with Crippen LogP contribution in [0.4, 0.5) is 11.4 Å². The van der Waals surface area contributed by atoms with Crippen molar-refractivity contribution in [3.63, 3.8) is 0 Å². The Kier molecular flexibility index (Phi) is 7.93. The van der Waals surface area contributed by atoms with Gasteiger partial charge < -0.3 is 14.7 Å². The van der Waals surface area contributed by atoms with E-state index in [9.17, 15) is 10.1 Å². The minimum atomic E-state index is 0.0656. The molecule has 0 atom stereocenters. The Morgan fingerprint density at radius 2 is 1.66 bits per heavy atom. The lowest BCUT2D eigenvalue weighted by atomic mass is 10.00. The van der Waals surface area contributed by atoms with E-state index >= 15 is 0 Å². The van der Waals surface area contributed by atoms with Gasteiger partial charge in [-0.2, -0.15) is 5.26 Å². The van der Waals surface area contributed by atoms with Gasteiger partial charge >= 0.3 is 0 Å². The molecule has 0 radical (unpaired) electrons. The van der Waals surface area contributed by atoms with Gasteiger partial charge in [0.15, 0.2) is 0 Å². The van der Waals surface area contributed by atoms with Crippen molar-refractivity contribution in [3.05, 3.63) is 59.7 Å². The quantitative estimate of drug-likeness (QED) is 0.585. The van der Waals surface area contributed by atoms with Crippen molar-refractivity contribution >= 4 is 17.3 Å². The van der Waals surface area contributed by atoms with Crippen LogP contribution >= 0.6 is 0 Å². The van der Waals surface area contributed by atoms with E-state index in [1.807, 2.05) is 35.2 Å². The monoisotopic (exact) mass is 432 g/mol. The van der Waals surface area contributed by atoms with Gasteiger partial charge in [-0.15, -0.1) is 0 Å². The molecule has 1 fully saturated rings. The average molecular weight is 433 g/mol. The van der Waals surface area contributed by atoms with Crippen molar-refractivity contribution in [2.75, 3.05) is 24.5 Å². The second-order valence-electron chi connectivity index (χ2n) is 9.14. The van der Waals surface area contributed by atoms with Crippen LogP contribution in [0.5, 0.6) is 0 Å². The van der Waals surface area contributed by atoms with Gasteiger partial charge in [-0.25, -0.2) is 0 Å². The number of nitrogens with zero attached hydrogens (tertiary/aromatic N) is 4. The van der Waals surface area contributed by atoms with Gasteiger partial charge in [-0.1, -0.05) is 13.0 Å². The van der Waals surface area contributed by atoms with Gasteiger partial charge in [0.1, 0.15) is 0 Å². The highest BCUT2D eigenvalue weighted by molar-refractivity contribution is 5.95. The molecule has 32 heavy (non-hydrogen) atoms. The van der Waals surface area contributed by atoms with Gasteiger partial charge in [0.2, 0.25) is 0 Å². The molecule has 0 spiro atoms. The van der Waals surface area contributed by atoms with E-state index in [0.29, 0.717) is 17.2 Å². The first kappa shape index (κ1) is 23.8. The molecule has 1 amide bonds. The first-order valence-electron chi connectivity index (χ1n) is 11.8. The fourth-order valence-corrected chi connectivity index (χ4v) is 4.77. The zero-order valence-electron chi connectivity index (χ0n) is 20.1. The number of anilines is 2. The normalized spacial score (nSPS) is 15.1. The summed E-state index contributed by atoms with van der Waals surface area (Å²) in [6, 6.07) is 18.7. The van der Waals surface area contributed by atoms with E-state index in [1.54, 1.807) is 0 Å². The van der Waals surface area contributed by atoms with Crippen LogP contribution in [0.3, 0.4) is 0 Å². The molecule has 0 aromatic heterocycles. The fourth-order valence-electron chi connectivity index (χ4n) is 4.77. The third-order valence-electron chi connectivity index (χ3n) is 6.36. The Morgan fingerprint density at radius 3 is 2.19 bits per heavy atom. The van der Waals surface area contributed by atoms with E-state index < -0.39 is 0 Å². The van der Waals surface area contributed by atoms with E-state index in [4.69, 9.17) is 0 Å². The first-order valence-corrected chi connectivity index (χ1v) is 11.8. The Labute approximate surface area is 193 Å². The summed E-state index contributed by atoms with van der Waals surface area (Å²) in [6.45, 7) is 13.7. The summed E-state index contributed by atoms with van der Waals surface area (Å²) in [5, 5.41) is 9.41. The molecule has 1 saturated heterocycles. The van der Waals surface area contributed by atoms with Crippen LogP contribution in [0.1, 0.15) is 63.4 Å². The largest absolute Gasteiger partial charge is 0.338 e. The lowest BCUT2D eigenvalue weighted by molar-refractivity contribution is 0.0644. The molecule has 5 nitrogen and oxygen atoms in total. The Morgan fingerprint density at radius 1 is 1.03 bits per heavy atom. The topological polar surface area (TPSA) is 50.6 Å². The Hall–Kier alpha value is -2.84. The standard InChI is InChI=1S/C27H36N4O/c1-6-29-16-14-25(15-17-29)31(26-9-7-8-22(18-26)19-28)24-12-10-23(11-13-24)27(32)30(20(2)3)21(4)5/h7-13,18,20-21,25H,6,14-17H2,1-5H3. The van der Waals surface area contributed by atoms with E-state index in [2.05, 4.69) is 68.7 Å². The van der Waals surface area contributed by atoms with Crippen molar-refractivity contribution in [2.24, 2.45) is 0 Å². The molecule has 0 N–H and O–H groups in total. The first-order chi connectivity index (χ1) is 15.3. The number of rotatable bonds is 7. The van der Waals surface area contributed by atoms with E-state index in [-0.39, 0.29) is 18.0 Å². The lowest BCUT2D eigenvalue weighted by Gasteiger charge is -2.39. The highest BCUT2D eigenvalue weighted by atomic mass is 16.2. The van der Waals surface area contributed by atoms with Crippen LogP contribution in [0.25, 0.3) is 0 Å². The van der Waals surface area contributed by atoms with Crippen LogP contribution in [-0.4, -0.2) is 53.5 Å². The van der Waals surface area contributed by atoms with Gasteiger partial charge in [0.25, 0.3) is 5.91 Å². The number of amides is 1. The third-order valence-corrected chi connectivity index (χ3v) is 6.36. The number of piperidine rings is 1. The van der Waals surface area contributed by atoms with Crippen LogP contribution in [0.15, 0.2) is 48.5 Å². The zero-order chi connectivity index (χ0) is 23.3. The molecular formula is C27H36N4O. The molecule has 5 heteroatoms. The van der Waals surface area contributed by atoms with Crippen molar-refractivity contribution in [1.82, 2.24) is 9.80 Å². The summed E-state index contributed by atoms with van der Waals surface area (Å²) >= 11 is 0. The highest BCUT2D eigenvalue weighted by Gasteiger charge is 2.27. The molecule has 1 aliphatic rings. The summed E-state index contributed by atoms with van der Waals surface area (Å²) in [6.07, 6.45) is 2.14. The van der Waals surface area contributed by atoms with Crippen molar-refractivity contribution in [3.8, 4) is 6.07 Å². The molecule has 1 aliphatic heterocycles. The molecule has 0 saturated carbocycles. The van der Waals surface area contributed by atoms with Crippen LogP contribution in [0.2, 0.25) is 0 Å². The summed E-state index contributed by atoms with van der Waals surface area (Å²) < 4.78 is 0. The molecule has 2 aromatic carbocycles. The number of likely N-dealkylation sites (tertiary alicyclic amines) is 1. The predicted molar refractivity (Wildman–Crippen MR) is 131 cm³/mol. The summed E-state index contributed by atoms with van der Waals surface area (Å²) in [7, 11) is 0. The Balaban J connectivity index is 1.93. The van der Waals surface area contributed by atoms with E-state index in [1.165, 1.54) is 0 Å². The molecule has 0 aliphatic carbocycles. The third kappa shape index (κ3) is 5.31. The molecule has 3 rings (SSSR count). The van der Waals surface area contributed by atoms with E-state index in [0.717, 1.165) is 43.9 Å². The van der Waals surface area contributed by atoms with Crippen molar-refractivity contribution < 1.29 is 4.79 Å². The zero-order valence-corrected chi connectivity index (χ0v) is 20.1. The molecule has 170 valence electrons. The van der Waals surface area contributed by atoms with Crippen LogP contribution < -0.4 is 4.90 Å². The Bertz CT molecular complexity index is 929. The SMILES string of the molecule is CCN1CCC(N(c2ccc(C(=O)N(C(C)C)C(C)C)cc2)c2cccc(C#N)c2)CC1. The van der Waals surface area contributed by atoms with Gasteiger partial charge in [0.05, 0.1) is 11.6 Å². The number of nitriles is 1. The number of benzene rings is 2. The molecule has 0 unspecified atom stereocenters. The number of hydrogen-bond acceptors (Lipinski definition) is 4. The van der Waals surface area contributed by atoms with Crippen molar-refractivity contribution in [1.29, 1.82) is 5.26 Å². The maximum atomic E-state index is 13.1. The molecule has 2 aromatic rings. The number of hydrogen-bond donors (Lipinski definition) is 0. The molecular weight excluding hydrogens is 396 g/mol. The fraction of sp³-hybridized carbons (Fsp3) is 0.481. The summed E-state index contributed by atoms with van der Waals surface area (Å²) in [5.41, 5.74) is 3.47. The minimum absolute atomic E-state index is 0.0656. The number of carbonyl (C=O) groups is 1. The second-order valence-corrected chi connectivity index (χ2v) is 9.14. The van der Waals surface area contributed by atoms with Gasteiger partial charge in [-0.3, -0.25) is 4.79 Å². The summed E-state index contributed by atoms with van der Waals surface area (Å²) in [4.78, 5) is 19.9. The van der Waals surface area contributed by atoms with Gasteiger partial charge in [0, 0.05) is 48.2 Å². The highest BCUT2D eigenvalue weighted by Crippen LogP contribution is 2.33. The van der Waals surface area contributed by atoms with Crippen LogP contribution in [0, 0.1) is 11.3 Å². The number of carbonyl (C=O) groups excluding carboxylic acids is 1. The van der Waals surface area contributed by atoms with Gasteiger partial charge in [-0.05, 0) is 89.5 Å². The minimum Gasteiger partial charge on any atom is -0.338 e. The second kappa shape index (κ2) is 10.7. The maximum Gasteiger partial charge on any atom is 0.254 e. The molecule has 1 heterocycles. The smallest absolute Gasteiger partial charge is 0.254 e. The van der Waals surface area contributed by atoms with Crippen molar-refractivity contribution in [2.45, 2.75) is 65.6 Å². The lowest BCUT2D eigenvalue weighted by Crippen LogP contribution is -2.43. The summed E-state index contributed by atoms with van der Waals surface area (Å²) in [5.74, 6) is 0.0656. The predicted octanol–water partition coefficient (Wildman–Crippen LogP) is 5.44. The van der Waals surface area contributed by atoms with Crippen LogP contribution in [-0.2, 0) is 0 Å².